The van der Waals surface area contributed by atoms with E-state index in [1.807, 2.05) is 13.8 Å². The van der Waals surface area contributed by atoms with Crippen molar-refractivity contribution in [2.24, 2.45) is 17.3 Å². The minimum atomic E-state index is -0.155. The van der Waals surface area contributed by atoms with Crippen LogP contribution in [0.2, 0.25) is 0 Å². The molecule has 0 aromatic carbocycles. The maximum Gasteiger partial charge on any atom is 0.240 e. The fraction of sp³-hybridized carbons (Fsp3) is 0.500. The van der Waals surface area contributed by atoms with Crippen LogP contribution in [0.3, 0.4) is 0 Å². The number of carbonyl (C=O) groups excluding carboxylic acids is 2. The summed E-state index contributed by atoms with van der Waals surface area (Å²) >= 11 is 0. The summed E-state index contributed by atoms with van der Waals surface area (Å²) in [6, 6.07) is 0. The zero-order valence-electron chi connectivity index (χ0n) is 8.52. The van der Waals surface area contributed by atoms with Crippen LogP contribution in [0.4, 0.5) is 5.95 Å². The Kier molecular flexibility index (Phi) is 1.32. The SMILES string of the molecule is CC1(C)C2C(=O)N(c3ncc[nH]3)C(=O)C21. The molecule has 0 spiro atoms. The first kappa shape index (κ1) is 8.64. The number of amides is 2. The van der Waals surface area contributed by atoms with E-state index in [1.165, 1.54) is 11.1 Å². The average Bonchev–Trinajstić information content (AvgIpc) is 2.57. The third-order valence-electron chi connectivity index (χ3n) is 3.50. The lowest BCUT2D eigenvalue weighted by atomic mass is 10.1. The number of hydrogen-bond acceptors (Lipinski definition) is 3. The Hall–Kier alpha value is -1.65. The van der Waals surface area contributed by atoms with Crippen LogP contribution in [0.25, 0.3) is 0 Å². The van der Waals surface area contributed by atoms with E-state index in [2.05, 4.69) is 9.97 Å². The number of fused-ring (bicyclic) bond motifs is 1. The number of imide groups is 1. The van der Waals surface area contributed by atoms with Crippen molar-refractivity contribution < 1.29 is 9.59 Å². The second-order valence-electron chi connectivity index (χ2n) is 4.70. The number of rotatable bonds is 1. The quantitative estimate of drug-likeness (QED) is 0.681. The molecule has 2 aliphatic rings. The zero-order chi connectivity index (χ0) is 10.8. The van der Waals surface area contributed by atoms with Crippen molar-refractivity contribution in [1.82, 2.24) is 9.97 Å². The summed E-state index contributed by atoms with van der Waals surface area (Å²) in [6.45, 7) is 3.91. The molecule has 0 bridgehead atoms. The van der Waals surface area contributed by atoms with Gasteiger partial charge in [0, 0.05) is 12.4 Å². The van der Waals surface area contributed by atoms with E-state index in [1.54, 1.807) is 6.20 Å². The molecule has 1 N–H and O–H groups in total. The van der Waals surface area contributed by atoms with Crippen LogP contribution in [-0.2, 0) is 9.59 Å². The molecule has 2 amide bonds. The van der Waals surface area contributed by atoms with E-state index < -0.39 is 0 Å². The highest BCUT2D eigenvalue weighted by molar-refractivity contribution is 6.24. The molecule has 78 valence electrons. The first-order chi connectivity index (χ1) is 7.05. The second-order valence-corrected chi connectivity index (χ2v) is 4.70. The predicted octanol–water partition coefficient (Wildman–Crippen LogP) is 0.555. The van der Waals surface area contributed by atoms with Crippen LogP contribution in [0.1, 0.15) is 13.8 Å². The standard InChI is InChI=1S/C10H11N3O2/c1-10(2)5-6(10)8(15)13(7(5)14)9-11-3-4-12-9/h3-6H,1-2H3,(H,11,12). The van der Waals surface area contributed by atoms with Crippen LogP contribution in [0.5, 0.6) is 0 Å². The Morgan fingerprint density at radius 1 is 1.33 bits per heavy atom. The van der Waals surface area contributed by atoms with Crippen LogP contribution in [0.15, 0.2) is 12.4 Å². The lowest BCUT2D eigenvalue weighted by Gasteiger charge is -2.17. The van der Waals surface area contributed by atoms with Gasteiger partial charge in [0.25, 0.3) is 0 Å². The molecule has 1 saturated carbocycles. The Morgan fingerprint density at radius 3 is 2.40 bits per heavy atom. The zero-order valence-corrected chi connectivity index (χ0v) is 8.52. The summed E-state index contributed by atoms with van der Waals surface area (Å²) in [6.07, 6.45) is 3.13. The number of H-pyrrole nitrogens is 1. The van der Waals surface area contributed by atoms with Gasteiger partial charge < -0.3 is 4.98 Å². The third-order valence-corrected chi connectivity index (χ3v) is 3.50. The molecule has 1 aliphatic heterocycles. The van der Waals surface area contributed by atoms with Gasteiger partial charge in [0.2, 0.25) is 17.8 Å². The molecule has 5 heteroatoms. The second kappa shape index (κ2) is 2.29. The number of nitrogens with one attached hydrogen (secondary N) is 1. The van der Waals surface area contributed by atoms with Crippen LogP contribution in [-0.4, -0.2) is 21.8 Å². The molecular formula is C10H11N3O2. The van der Waals surface area contributed by atoms with Gasteiger partial charge in [-0.15, -0.1) is 0 Å². The third kappa shape index (κ3) is 0.854. The summed E-state index contributed by atoms with van der Waals surface area (Å²) < 4.78 is 0. The fourth-order valence-electron chi connectivity index (χ4n) is 2.53. The molecule has 1 saturated heterocycles. The molecule has 1 aromatic rings. The molecule has 0 radical (unpaired) electrons. The maximum absolute atomic E-state index is 11.9. The van der Waals surface area contributed by atoms with Crippen molar-refractivity contribution in [3.8, 4) is 0 Å². The van der Waals surface area contributed by atoms with Gasteiger partial charge >= 0.3 is 0 Å². The van der Waals surface area contributed by atoms with E-state index in [4.69, 9.17) is 0 Å². The molecule has 2 unspecified atom stereocenters. The summed E-state index contributed by atoms with van der Waals surface area (Å²) in [5.74, 6) is -0.187. The fourth-order valence-corrected chi connectivity index (χ4v) is 2.53. The average molecular weight is 205 g/mol. The highest BCUT2D eigenvalue weighted by atomic mass is 16.2. The Bertz CT molecular complexity index is 425. The molecule has 1 aromatic heterocycles. The number of imidazole rings is 1. The van der Waals surface area contributed by atoms with Crippen molar-refractivity contribution in [1.29, 1.82) is 0 Å². The molecule has 1 aliphatic carbocycles. The van der Waals surface area contributed by atoms with E-state index in [9.17, 15) is 9.59 Å². The molecule has 15 heavy (non-hydrogen) atoms. The lowest BCUT2D eigenvalue weighted by molar-refractivity contribution is -0.125. The summed E-state index contributed by atoms with van der Waals surface area (Å²) in [5.41, 5.74) is -0.155. The van der Waals surface area contributed by atoms with Crippen molar-refractivity contribution in [2.75, 3.05) is 4.90 Å². The number of carbonyl (C=O) groups is 2. The summed E-state index contributed by atoms with van der Waals surface area (Å²) in [4.78, 5) is 31.7. The topological polar surface area (TPSA) is 66.1 Å². The Balaban J connectivity index is 1.98. The molecule has 2 atom stereocenters. The van der Waals surface area contributed by atoms with E-state index in [0.717, 1.165) is 0 Å². The number of nitrogens with zero attached hydrogens (tertiary/aromatic N) is 2. The predicted molar refractivity (Wildman–Crippen MR) is 51.8 cm³/mol. The molecular weight excluding hydrogens is 194 g/mol. The van der Waals surface area contributed by atoms with E-state index in [-0.39, 0.29) is 29.1 Å². The van der Waals surface area contributed by atoms with E-state index >= 15 is 0 Å². The van der Waals surface area contributed by atoms with Crippen molar-refractivity contribution in [3.63, 3.8) is 0 Å². The molecule has 2 fully saturated rings. The summed E-state index contributed by atoms with van der Waals surface area (Å²) in [7, 11) is 0. The number of aromatic amines is 1. The smallest absolute Gasteiger partial charge is 0.240 e. The largest absolute Gasteiger partial charge is 0.330 e. The van der Waals surface area contributed by atoms with Gasteiger partial charge in [-0.2, -0.15) is 0 Å². The lowest BCUT2D eigenvalue weighted by Crippen LogP contribution is -2.36. The van der Waals surface area contributed by atoms with Crippen LogP contribution in [0, 0.1) is 17.3 Å². The van der Waals surface area contributed by atoms with E-state index in [0.29, 0.717) is 5.95 Å². The highest BCUT2D eigenvalue weighted by Crippen LogP contribution is 2.63. The van der Waals surface area contributed by atoms with Gasteiger partial charge in [-0.3, -0.25) is 9.59 Å². The van der Waals surface area contributed by atoms with Gasteiger partial charge in [-0.25, -0.2) is 9.88 Å². The first-order valence-corrected chi connectivity index (χ1v) is 4.92. The van der Waals surface area contributed by atoms with Crippen LogP contribution < -0.4 is 4.90 Å². The van der Waals surface area contributed by atoms with Gasteiger partial charge in [0.15, 0.2) is 0 Å². The molecule has 5 nitrogen and oxygen atoms in total. The van der Waals surface area contributed by atoms with Crippen molar-refractivity contribution in [2.45, 2.75) is 13.8 Å². The highest BCUT2D eigenvalue weighted by Gasteiger charge is 2.73. The van der Waals surface area contributed by atoms with Crippen molar-refractivity contribution >= 4 is 17.8 Å². The number of anilines is 1. The minimum Gasteiger partial charge on any atom is -0.330 e. The first-order valence-electron chi connectivity index (χ1n) is 4.92. The Morgan fingerprint density at radius 2 is 1.93 bits per heavy atom. The van der Waals surface area contributed by atoms with Gasteiger partial charge in [0.1, 0.15) is 0 Å². The summed E-state index contributed by atoms with van der Waals surface area (Å²) in [5, 5.41) is 0. The van der Waals surface area contributed by atoms with Gasteiger partial charge in [-0.05, 0) is 5.41 Å². The van der Waals surface area contributed by atoms with Crippen LogP contribution >= 0.6 is 0 Å². The molecule has 2 heterocycles. The Labute approximate surface area is 86.5 Å². The van der Waals surface area contributed by atoms with Gasteiger partial charge in [0.05, 0.1) is 11.8 Å². The van der Waals surface area contributed by atoms with Gasteiger partial charge in [-0.1, -0.05) is 13.8 Å². The number of aromatic nitrogens is 2. The number of hydrogen-bond donors (Lipinski definition) is 1. The monoisotopic (exact) mass is 205 g/mol. The maximum atomic E-state index is 11.9. The number of piperidine rings is 1. The normalized spacial score (nSPS) is 32.0. The molecule has 3 rings (SSSR count). The minimum absolute atomic E-state index is 0.120. The van der Waals surface area contributed by atoms with Crippen molar-refractivity contribution in [3.05, 3.63) is 12.4 Å².